The van der Waals surface area contributed by atoms with E-state index in [1.54, 1.807) is 66.1 Å². The number of aliphatic hydroxyl groups excluding tert-OH is 2. The Hall–Kier alpha value is -3.48. The Balaban J connectivity index is 1.33. The van der Waals surface area contributed by atoms with Gasteiger partial charge in [0.2, 0.25) is 0 Å². The number of carbonyl (C=O) groups excluding carboxylic acids is 3. The first-order chi connectivity index (χ1) is 32.7. The van der Waals surface area contributed by atoms with E-state index in [0.29, 0.717) is 53.0 Å². The van der Waals surface area contributed by atoms with Gasteiger partial charge < -0.3 is 58.5 Å². The fraction of sp³-hybridized carbons (Fsp3) is 0.725. The van der Waals surface area contributed by atoms with Crippen molar-refractivity contribution in [1.29, 1.82) is 0 Å². The lowest BCUT2D eigenvalue weighted by Gasteiger charge is -2.47. The van der Waals surface area contributed by atoms with Gasteiger partial charge in [-0.3, -0.25) is 14.6 Å². The van der Waals surface area contributed by atoms with E-state index < -0.39 is 83.7 Å². The number of ether oxygens (including phenoxy) is 7. The molecule has 1 saturated carbocycles. The molecule has 4 heterocycles. The molecule has 69 heavy (non-hydrogen) atoms. The number of halogens is 2. The van der Waals surface area contributed by atoms with Gasteiger partial charge in [0.05, 0.1) is 59.1 Å². The van der Waals surface area contributed by atoms with E-state index in [2.05, 4.69) is 15.2 Å². The van der Waals surface area contributed by atoms with Gasteiger partial charge in [-0.25, -0.2) is 4.79 Å². The van der Waals surface area contributed by atoms with Gasteiger partial charge in [-0.05, 0) is 98.2 Å². The van der Waals surface area contributed by atoms with Crippen LogP contribution in [-0.4, -0.2) is 138 Å². The Kier molecular flexibility index (Phi) is 18.6. The fourth-order valence-corrected chi connectivity index (χ4v) is 11.8. The highest BCUT2D eigenvalue weighted by Gasteiger charge is 2.60. The predicted octanol–water partition coefficient (Wildman–Crippen LogP) is 7.77. The zero-order valence-electron chi connectivity index (χ0n) is 42.2. The van der Waals surface area contributed by atoms with Gasteiger partial charge in [-0.2, -0.15) is 0 Å². The Morgan fingerprint density at radius 3 is 2.28 bits per heavy atom. The number of cyclic esters (lactones) is 1. The summed E-state index contributed by atoms with van der Waals surface area (Å²) in [7, 11) is 4.88. The van der Waals surface area contributed by atoms with E-state index in [4.69, 9.17) is 56.4 Å². The Morgan fingerprint density at radius 2 is 1.65 bits per heavy atom. The van der Waals surface area contributed by atoms with E-state index in [9.17, 15) is 19.8 Å². The van der Waals surface area contributed by atoms with Crippen LogP contribution in [0.5, 0.6) is 11.5 Å². The fourth-order valence-electron chi connectivity index (χ4n) is 11.3. The number of benzene rings is 1. The first kappa shape index (κ1) is 54.8. The molecule has 0 spiro atoms. The van der Waals surface area contributed by atoms with Crippen LogP contribution in [0.15, 0.2) is 30.6 Å². The van der Waals surface area contributed by atoms with Crippen molar-refractivity contribution in [2.24, 2.45) is 23.7 Å². The van der Waals surface area contributed by atoms with Crippen LogP contribution in [0.4, 0.5) is 10.5 Å². The number of pyridine rings is 1. The van der Waals surface area contributed by atoms with Crippen LogP contribution in [0.25, 0.3) is 0 Å². The molecule has 0 radical (unpaired) electrons. The molecule has 1 aromatic heterocycles. The summed E-state index contributed by atoms with van der Waals surface area (Å²) in [6.07, 6.45) is 2.22. The van der Waals surface area contributed by atoms with Crippen molar-refractivity contribution in [3.05, 3.63) is 46.2 Å². The summed E-state index contributed by atoms with van der Waals surface area (Å²) in [5, 5.41) is 27.4. The van der Waals surface area contributed by atoms with Crippen molar-refractivity contribution < 1.29 is 57.8 Å². The number of likely N-dealkylation sites (N-methyl/N-ethyl adjacent to an activating group) is 1. The quantitative estimate of drug-likeness (QED) is 0.147. The van der Waals surface area contributed by atoms with Crippen molar-refractivity contribution in [3.8, 4) is 11.5 Å². The maximum Gasteiger partial charge on any atom is 0.410 e. The molecule has 2 aromatic rings. The number of aliphatic hydroxyl groups is 2. The monoisotopic (exact) mass is 1010 g/mol. The van der Waals surface area contributed by atoms with Gasteiger partial charge in [-0.15, -0.1) is 0 Å². The van der Waals surface area contributed by atoms with Crippen LogP contribution in [0.2, 0.25) is 10.0 Å². The first-order valence-electron chi connectivity index (χ1n) is 24.7. The third kappa shape index (κ3) is 11.9. The molecule has 3 aliphatic heterocycles. The van der Waals surface area contributed by atoms with E-state index in [-0.39, 0.29) is 43.4 Å². The molecule has 18 heteroatoms. The summed E-state index contributed by atoms with van der Waals surface area (Å²) >= 11 is 13.4. The molecular formula is C51H76Cl2N4O12. The minimum Gasteiger partial charge on any atom is -0.493 e. The molecule has 2 unspecified atom stereocenters. The molecule has 1 aliphatic carbocycles. The van der Waals surface area contributed by atoms with E-state index >= 15 is 4.79 Å². The van der Waals surface area contributed by atoms with Crippen LogP contribution in [-0.2, 0) is 39.8 Å². The van der Waals surface area contributed by atoms with E-state index in [1.165, 1.54) is 7.11 Å². The number of hydrogen-bond donors (Lipinski definition) is 3. The van der Waals surface area contributed by atoms with Gasteiger partial charge in [0.15, 0.2) is 23.4 Å². The van der Waals surface area contributed by atoms with E-state index in [1.807, 2.05) is 39.0 Å². The molecule has 3 saturated heterocycles. The highest BCUT2D eigenvalue weighted by atomic mass is 35.5. The second kappa shape index (κ2) is 23.4. The largest absolute Gasteiger partial charge is 0.493 e. The molecule has 0 bridgehead atoms. The highest BCUT2D eigenvalue weighted by Crippen LogP contribution is 2.44. The van der Waals surface area contributed by atoms with Crippen LogP contribution < -0.4 is 19.7 Å². The average molecular weight is 1010 g/mol. The van der Waals surface area contributed by atoms with Crippen LogP contribution in [0.3, 0.4) is 0 Å². The number of nitrogens with zero attached hydrogens (tertiary/aromatic N) is 3. The topological polar surface area (TPSA) is 188 Å². The van der Waals surface area contributed by atoms with Crippen LogP contribution in [0, 0.1) is 23.7 Å². The Morgan fingerprint density at radius 1 is 0.971 bits per heavy atom. The number of carbonyl (C=O) groups is 3. The molecular weight excluding hydrogens is 931 g/mol. The second-order valence-corrected chi connectivity index (χ2v) is 21.0. The van der Waals surface area contributed by atoms with Crippen molar-refractivity contribution in [1.82, 2.24) is 15.2 Å². The number of fused-ring (bicyclic) bond motifs is 1. The van der Waals surface area contributed by atoms with Crippen LogP contribution in [0.1, 0.15) is 112 Å². The first-order valence-corrected chi connectivity index (χ1v) is 25.5. The summed E-state index contributed by atoms with van der Waals surface area (Å²) in [4.78, 5) is 51.5. The number of anilines is 1. The molecule has 3 N–H and O–H groups in total. The zero-order valence-corrected chi connectivity index (χ0v) is 43.8. The third-order valence-electron chi connectivity index (χ3n) is 15.4. The minimum absolute atomic E-state index is 0.0796. The third-order valence-corrected chi connectivity index (χ3v) is 16.0. The number of Topliss-reactive ketones (excluding diaryl/α,β-unsaturated/α-hetero) is 1. The summed E-state index contributed by atoms with van der Waals surface area (Å²) in [6, 6.07) is 4.55. The summed E-state index contributed by atoms with van der Waals surface area (Å²) in [6.45, 7) is 15.0. The molecule has 6 rings (SSSR count). The molecule has 1 amide bonds. The number of rotatable bonds is 15. The number of hydrogen-bond acceptors (Lipinski definition) is 15. The summed E-state index contributed by atoms with van der Waals surface area (Å²) in [5.74, 6) is -3.02. The maximum atomic E-state index is 15.0. The Bertz CT molecular complexity index is 2060. The lowest BCUT2D eigenvalue weighted by molar-refractivity contribution is -0.296. The van der Waals surface area contributed by atoms with Gasteiger partial charge in [0.25, 0.3) is 0 Å². The predicted molar refractivity (Wildman–Crippen MR) is 262 cm³/mol. The molecule has 1 aromatic carbocycles. The molecule has 16 nitrogen and oxygen atoms in total. The summed E-state index contributed by atoms with van der Waals surface area (Å²) < 4.78 is 43.9. The second-order valence-electron chi connectivity index (χ2n) is 20.2. The molecule has 4 fully saturated rings. The SMILES string of the molecule is CC[C@H]1OC(=O)C(C)[C@@H](O)[C@H](C)[C@@H](O[C@@H]2OC(C)C[C@H](NC)[C@H]2O)[C@](C)(OC)C[C@@H](C)C(=O)[C@H](C)[C@H]2N(CCCN(Cc3c(Cl)cncc3Cl)c3ccc(OC)c(OC4CCCC4)c3)C(=O)O[C@]12C. The number of nitrogens with one attached hydrogen (secondary N) is 1. The minimum atomic E-state index is -1.47. The van der Waals surface area contributed by atoms with Crippen molar-refractivity contribution in [3.63, 3.8) is 0 Å². The van der Waals surface area contributed by atoms with Crippen molar-refractivity contribution in [2.75, 3.05) is 39.3 Å². The standard InChI is InChI=1S/C51H76Cl2N4O12/c1-12-41-51(8)45(30(4)42(58)28(2)24-50(7,64-11)46(31(5)43(59)32(6)47(61)67-41)68-48-44(60)38(54-9)22-29(3)65-48)57(49(62)69-51)21-15-20-56(27-35-36(52)25-55-26-37(35)53)33-18-19-39(63-10)40(23-33)66-34-16-13-14-17-34/h18-19,23,25-26,28-32,34,38,41,43-46,48,54,59-60H,12-17,20-22,24,27H2,1-11H3/t28-,29?,30+,31+,32?,38+,41-,43+,44-,45-,46-,48+,50-,51-/m1/s1. The Labute approximate surface area is 418 Å². The number of aromatic nitrogens is 1. The van der Waals surface area contributed by atoms with Gasteiger partial charge in [0.1, 0.15) is 18.0 Å². The lowest BCUT2D eigenvalue weighted by atomic mass is 9.73. The van der Waals surface area contributed by atoms with Gasteiger partial charge in [-0.1, -0.05) is 50.9 Å². The van der Waals surface area contributed by atoms with Crippen molar-refractivity contribution in [2.45, 2.75) is 180 Å². The smallest absolute Gasteiger partial charge is 0.410 e. The molecule has 386 valence electrons. The van der Waals surface area contributed by atoms with Crippen molar-refractivity contribution >= 4 is 46.7 Å². The normalized spacial score (nSPS) is 35.0. The number of amides is 1. The number of methoxy groups -OCH3 is 2. The number of esters is 1. The number of ketones is 1. The maximum absolute atomic E-state index is 15.0. The zero-order chi connectivity index (χ0) is 50.5. The van der Waals surface area contributed by atoms with Gasteiger partial charge >= 0.3 is 12.1 Å². The molecule has 14 atom stereocenters. The van der Waals surface area contributed by atoms with E-state index in [0.717, 1.165) is 31.4 Å². The molecule has 4 aliphatic rings. The average Bonchev–Trinajstić information content (AvgIpc) is 3.93. The highest BCUT2D eigenvalue weighted by molar-refractivity contribution is 6.35. The summed E-state index contributed by atoms with van der Waals surface area (Å²) in [5.41, 5.74) is -1.25. The lowest BCUT2D eigenvalue weighted by Crippen LogP contribution is -2.60. The van der Waals surface area contributed by atoms with Gasteiger partial charge in [0, 0.05) is 80.3 Å². The van der Waals surface area contributed by atoms with Crippen LogP contribution >= 0.6 is 23.2 Å².